The molecule has 23 heavy (non-hydrogen) atoms. The van der Waals surface area contributed by atoms with Gasteiger partial charge in [-0.3, -0.25) is 4.79 Å². The third-order valence-corrected chi connectivity index (χ3v) is 4.07. The Balaban J connectivity index is 1.83. The van der Waals surface area contributed by atoms with Gasteiger partial charge in [0.15, 0.2) is 0 Å². The van der Waals surface area contributed by atoms with Gasteiger partial charge in [0.05, 0.1) is 25.8 Å². The van der Waals surface area contributed by atoms with Crippen molar-refractivity contribution in [3.05, 3.63) is 53.1 Å². The molecule has 120 valence electrons. The molecule has 2 aromatic carbocycles. The first kappa shape index (κ1) is 15.4. The summed E-state index contributed by atoms with van der Waals surface area (Å²) in [6.07, 6.45) is 0.372. The second-order valence-electron chi connectivity index (χ2n) is 5.85. The van der Waals surface area contributed by atoms with Crippen molar-refractivity contribution in [3.63, 3.8) is 0 Å². The highest BCUT2D eigenvalue weighted by atomic mass is 16.5. The van der Waals surface area contributed by atoms with E-state index in [2.05, 4.69) is 6.07 Å². The number of carbonyl (C=O) groups is 1. The van der Waals surface area contributed by atoms with Crippen LogP contribution < -0.4 is 14.4 Å². The molecule has 0 radical (unpaired) electrons. The quantitative estimate of drug-likeness (QED) is 0.873. The second kappa shape index (κ2) is 6.32. The molecule has 1 aliphatic rings. The molecule has 2 aromatic rings. The van der Waals surface area contributed by atoms with Crippen LogP contribution in [0.1, 0.15) is 16.7 Å². The van der Waals surface area contributed by atoms with Crippen molar-refractivity contribution in [2.75, 3.05) is 25.2 Å². The van der Waals surface area contributed by atoms with Crippen LogP contribution in [0.15, 0.2) is 36.4 Å². The summed E-state index contributed by atoms with van der Waals surface area (Å²) in [5, 5.41) is 0. The fourth-order valence-electron chi connectivity index (χ4n) is 3.00. The van der Waals surface area contributed by atoms with Gasteiger partial charge in [0, 0.05) is 0 Å². The molecular weight excluding hydrogens is 290 g/mol. The molecule has 3 rings (SSSR count). The molecule has 1 aliphatic heterocycles. The molecule has 0 spiro atoms. The molecule has 1 amide bonds. The van der Waals surface area contributed by atoms with Gasteiger partial charge in [0.25, 0.3) is 0 Å². The summed E-state index contributed by atoms with van der Waals surface area (Å²) < 4.78 is 10.9. The van der Waals surface area contributed by atoms with E-state index in [-0.39, 0.29) is 5.91 Å². The summed E-state index contributed by atoms with van der Waals surface area (Å²) in [6.45, 7) is 5.18. The normalized spacial score (nSPS) is 13.3. The number of carbonyl (C=O) groups excluding carboxylic acids is 1. The van der Waals surface area contributed by atoms with Crippen LogP contribution in [0.25, 0.3) is 0 Å². The van der Waals surface area contributed by atoms with Gasteiger partial charge < -0.3 is 14.4 Å². The van der Waals surface area contributed by atoms with Crippen LogP contribution in [0.3, 0.4) is 0 Å². The Labute approximate surface area is 136 Å². The molecule has 0 atom stereocenters. The number of hydrogen-bond acceptors (Lipinski definition) is 3. The summed E-state index contributed by atoms with van der Waals surface area (Å²) in [5.41, 5.74) is 4.10. The average Bonchev–Trinajstić information content (AvgIpc) is 2.54. The number of hydrogen-bond donors (Lipinski definition) is 0. The lowest BCUT2D eigenvalue weighted by atomic mass is 10.1. The van der Waals surface area contributed by atoms with Gasteiger partial charge in [-0.05, 0) is 48.7 Å². The molecule has 0 saturated carbocycles. The highest BCUT2D eigenvalue weighted by Gasteiger charge is 2.25. The van der Waals surface area contributed by atoms with E-state index in [1.165, 1.54) is 0 Å². The summed E-state index contributed by atoms with van der Waals surface area (Å²) in [5.74, 6) is 1.69. The lowest BCUT2D eigenvalue weighted by Gasteiger charge is -2.31. The Morgan fingerprint density at radius 2 is 1.96 bits per heavy atom. The second-order valence-corrected chi connectivity index (χ2v) is 5.85. The third-order valence-electron chi connectivity index (χ3n) is 4.07. The van der Waals surface area contributed by atoms with E-state index in [0.717, 1.165) is 33.9 Å². The summed E-state index contributed by atoms with van der Waals surface area (Å²) >= 11 is 0. The molecule has 0 N–H and O–H groups in total. The first-order valence-corrected chi connectivity index (χ1v) is 7.76. The average molecular weight is 311 g/mol. The molecule has 0 fully saturated rings. The van der Waals surface area contributed by atoms with Crippen LogP contribution in [0.4, 0.5) is 5.69 Å². The number of ether oxygens (including phenoxy) is 2. The number of aryl methyl sites for hydroxylation is 2. The van der Waals surface area contributed by atoms with E-state index < -0.39 is 0 Å². The van der Waals surface area contributed by atoms with Crippen LogP contribution in [0.2, 0.25) is 0 Å². The zero-order valence-corrected chi connectivity index (χ0v) is 13.8. The number of rotatable bonds is 3. The molecule has 0 aromatic heterocycles. The van der Waals surface area contributed by atoms with Crippen LogP contribution in [0.5, 0.6) is 11.5 Å². The highest BCUT2D eigenvalue weighted by Crippen LogP contribution is 2.36. The summed E-state index contributed by atoms with van der Waals surface area (Å²) in [4.78, 5) is 14.6. The standard InChI is InChI=1S/C19H21NO3/c1-13-10-14(2)19-17(11-13)23-9-8-20(19)18(21)12-15-4-6-16(22-3)7-5-15/h4-7,10-11H,8-9,12H2,1-3H3. The van der Waals surface area contributed by atoms with E-state index in [0.29, 0.717) is 19.6 Å². The van der Waals surface area contributed by atoms with Gasteiger partial charge in [0.1, 0.15) is 18.1 Å². The van der Waals surface area contributed by atoms with Crippen molar-refractivity contribution in [1.29, 1.82) is 0 Å². The fraction of sp³-hybridized carbons (Fsp3) is 0.316. The van der Waals surface area contributed by atoms with Gasteiger partial charge in [0.2, 0.25) is 5.91 Å². The molecule has 0 aliphatic carbocycles. The number of nitrogens with zero attached hydrogens (tertiary/aromatic N) is 1. The predicted molar refractivity (Wildman–Crippen MR) is 90.5 cm³/mol. The van der Waals surface area contributed by atoms with Gasteiger partial charge in [-0.2, -0.15) is 0 Å². The van der Waals surface area contributed by atoms with Gasteiger partial charge in [-0.15, -0.1) is 0 Å². The van der Waals surface area contributed by atoms with Crippen molar-refractivity contribution in [3.8, 4) is 11.5 Å². The lowest BCUT2D eigenvalue weighted by Crippen LogP contribution is -2.39. The van der Waals surface area contributed by atoms with Crippen LogP contribution in [-0.4, -0.2) is 26.2 Å². The van der Waals surface area contributed by atoms with Crippen molar-refractivity contribution in [1.82, 2.24) is 0 Å². The first-order chi connectivity index (χ1) is 11.1. The smallest absolute Gasteiger partial charge is 0.231 e. The molecule has 0 bridgehead atoms. The molecule has 0 saturated heterocycles. The monoisotopic (exact) mass is 311 g/mol. The van der Waals surface area contributed by atoms with E-state index in [1.54, 1.807) is 7.11 Å². The number of benzene rings is 2. The summed E-state index contributed by atoms with van der Waals surface area (Å²) in [6, 6.07) is 11.7. The maximum atomic E-state index is 12.8. The van der Waals surface area contributed by atoms with Gasteiger partial charge in [-0.25, -0.2) is 0 Å². The number of fused-ring (bicyclic) bond motifs is 1. The zero-order chi connectivity index (χ0) is 16.4. The van der Waals surface area contributed by atoms with E-state index in [9.17, 15) is 4.79 Å². The summed E-state index contributed by atoms with van der Waals surface area (Å²) in [7, 11) is 1.63. The lowest BCUT2D eigenvalue weighted by molar-refractivity contribution is -0.118. The van der Waals surface area contributed by atoms with Crippen LogP contribution >= 0.6 is 0 Å². The maximum Gasteiger partial charge on any atom is 0.231 e. The largest absolute Gasteiger partial charge is 0.497 e. The minimum Gasteiger partial charge on any atom is -0.497 e. The molecule has 4 nitrogen and oxygen atoms in total. The van der Waals surface area contributed by atoms with Gasteiger partial charge >= 0.3 is 0 Å². The van der Waals surface area contributed by atoms with Crippen LogP contribution in [-0.2, 0) is 11.2 Å². The van der Waals surface area contributed by atoms with Crippen molar-refractivity contribution >= 4 is 11.6 Å². The molecule has 1 heterocycles. The molecule has 0 unspecified atom stereocenters. The molecular formula is C19H21NO3. The Bertz CT molecular complexity index is 722. The van der Waals surface area contributed by atoms with E-state index >= 15 is 0 Å². The van der Waals surface area contributed by atoms with Crippen molar-refractivity contribution in [2.24, 2.45) is 0 Å². The third kappa shape index (κ3) is 3.16. The van der Waals surface area contributed by atoms with Crippen molar-refractivity contribution < 1.29 is 14.3 Å². The molecule has 4 heteroatoms. The van der Waals surface area contributed by atoms with Crippen molar-refractivity contribution in [2.45, 2.75) is 20.3 Å². The Morgan fingerprint density at radius 3 is 2.65 bits per heavy atom. The topological polar surface area (TPSA) is 38.8 Å². The van der Waals surface area contributed by atoms with Gasteiger partial charge in [-0.1, -0.05) is 18.2 Å². The Morgan fingerprint density at radius 1 is 1.22 bits per heavy atom. The van der Waals surface area contributed by atoms with Crippen LogP contribution in [0, 0.1) is 13.8 Å². The Hall–Kier alpha value is -2.49. The first-order valence-electron chi connectivity index (χ1n) is 7.76. The predicted octanol–water partition coefficient (Wildman–Crippen LogP) is 3.28. The number of amides is 1. The number of methoxy groups -OCH3 is 1. The zero-order valence-electron chi connectivity index (χ0n) is 13.8. The minimum absolute atomic E-state index is 0.0895. The SMILES string of the molecule is COc1ccc(CC(=O)N2CCOc3cc(C)cc(C)c32)cc1. The fourth-order valence-corrected chi connectivity index (χ4v) is 3.00. The number of anilines is 1. The minimum atomic E-state index is 0.0895. The maximum absolute atomic E-state index is 12.8. The highest BCUT2D eigenvalue weighted by molar-refractivity contribution is 5.97. The van der Waals surface area contributed by atoms with E-state index in [1.807, 2.05) is 49.1 Å². The van der Waals surface area contributed by atoms with E-state index in [4.69, 9.17) is 9.47 Å². The Kier molecular flexibility index (Phi) is 4.24.